The number of hydrogen-bond acceptors (Lipinski definition) is 6. The highest BCUT2D eigenvalue weighted by molar-refractivity contribution is 7.85. The van der Waals surface area contributed by atoms with Crippen LogP contribution in [0.4, 0.5) is 10.5 Å². The zero-order chi connectivity index (χ0) is 26.5. The fourth-order valence-electron chi connectivity index (χ4n) is 5.57. The number of hydrogen-bond donors (Lipinski definition) is 4. The van der Waals surface area contributed by atoms with E-state index in [1.165, 1.54) is 6.26 Å². The van der Waals surface area contributed by atoms with Crippen LogP contribution in [0.25, 0.3) is 22.0 Å². The number of carboxylic acid groups (broad SMARTS) is 1. The summed E-state index contributed by atoms with van der Waals surface area (Å²) < 4.78 is 20.1. The summed E-state index contributed by atoms with van der Waals surface area (Å²) in [6.45, 7) is 2.92. The molecule has 0 bridgehead atoms. The Balaban J connectivity index is 1.57. The van der Waals surface area contributed by atoms with Crippen LogP contribution in [-0.2, 0) is 15.7 Å². The summed E-state index contributed by atoms with van der Waals surface area (Å²) in [5.74, 6) is -0.796. The van der Waals surface area contributed by atoms with E-state index in [2.05, 4.69) is 15.8 Å². The predicted octanol–water partition coefficient (Wildman–Crippen LogP) is 3.73. The Hall–Kier alpha value is -3.88. The van der Waals surface area contributed by atoms with Crippen molar-refractivity contribution in [2.45, 2.75) is 31.4 Å². The predicted molar refractivity (Wildman–Crippen MR) is 139 cm³/mol. The minimum Gasteiger partial charge on any atom is -0.477 e. The molecular formula is C26H27N5O5S. The molecule has 1 amide bonds. The summed E-state index contributed by atoms with van der Waals surface area (Å²) >= 11 is 0. The van der Waals surface area contributed by atoms with Crippen molar-refractivity contribution in [3.05, 3.63) is 53.2 Å². The van der Waals surface area contributed by atoms with Crippen LogP contribution in [-0.4, -0.2) is 56.2 Å². The van der Waals surface area contributed by atoms with Gasteiger partial charge in [0.2, 0.25) is 0 Å². The van der Waals surface area contributed by atoms with Gasteiger partial charge in [-0.15, -0.1) is 0 Å². The number of nitrogens with one attached hydrogen (secondary N) is 2. The van der Waals surface area contributed by atoms with E-state index in [9.17, 15) is 24.2 Å². The molecular weight excluding hydrogens is 494 g/mol. The fraction of sp³-hybridized carbons (Fsp3) is 0.346. The Bertz CT molecular complexity index is 1490. The zero-order valence-corrected chi connectivity index (χ0v) is 21.2. The number of carboxylic acids is 1. The van der Waals surface area contributed by atoms with Gasteiger partial charge in [0.05, 0.1) is 29.4 Å². The third kappa shape index (κ3) is 4.22. The van der Waals surface area contributed by atoms with Gasteiger partial charge in [0.15, 0.2) is 0 Å². The zero-order valence-electron chi connectivity index (χ0n) is 20.4. The second-order valence-corrected chi connectivity index (χ2v) is 10.9. The van der Waals surface area contributed by atoms with E-state index >= 15 is 0 Å². The molecule has 2 aliphatic rings. The van der Waals surface area contributed by atoms with Crippen LogP contribution in [0.1, 0.15) is 47.4 Å². The number of fused-ring (bicyclic) bond motifs is 1. The Morgan fingerprint density at radius 3 is 2.81 bits per heavy atom. The van der Waals surface area contributed by atoms with E-state index in [1.807, 2.05) is 25.1 Å². The maximum atomic E-state index is 12.8. The average molecular weight is 522 g/mol. The number of H-pyrrole nitrogens is 1. The summed E-state index contributed by atoms with van der Waals surface area (Å²) in [6, 6.07) is 12.1. The molecule has 2 heterocycles. The number of nitrogens with zero attached hydrogens (tertiary/aromatic N) is 2. The largest absolute Gasteiger partial charge is 0.477 e. The molecule has 5 rings (SSSR count). The standard InChI is InChI=1S/C26H27N5O5S/c1-14(31-13-26(36-25(31)34)9-15(10-26)11-27)18-4-3-5-19-21(23(24(32)33)29-22(18)19)16-6-7-20(30-37(2)35)17(8-16)12-28/h3-8,14-15,29-30H,9-11,13,27H2,1-2H3,(H,32,33)/t14-,15?,26?,37?/m0/s1. The van der Waals surface area contributed by atoms with Crippen LogP contribution in [0.2, 0.25) is 0 Å². The molecule has 1 aromatic heterocycles. The Labute approximate surface area is 216 Å². The summed E-state index contributed by atoms with van der Waals surface area (Å²) in [7, 11) is -1.37. The minimum atomic E-state index is -1.37. The topological polar surface area (TPSA) is 162 Å². The number of nitriles is 1. The van der Waals surface area contributed by atoms with Crippen molar-refractivity contribution in [2.75, 3.05) is 24.1 Å². The number of aromatic carboxylic acids is 1. The normalized spacial score (nSPS) is 22.4. The molecule has 3 aromatic rings. The highest BCUT2D eigenvalue weighted by Crippen LogP contribution is 2.47. The maximum absolute atomic E-state index is 12.8. The van der Waals surface area contributed by atoms with Crippen LogP contribution in [0.15, 0.2) is 36.4 Å². The lowest BCUT2D eigenvalue weighted by Crippen LogP contribution is -2.49. The van der Waals surface area contributed by atoms with Gasteiger partial charge in [-0.1, -0.05) is 24.3 Å². The molecule has 2 fully saturated rings. The number of benzene rings is 2. The Morgan fingerprint density at radius 2 is 2.16 bits per heavy atom. The van der Waals surface area contributed by atoms with Gasteiger partial charge in [-0.05, 0) is 55.5 Å². The van der Waals surface area contributed by atoms with E-state index < -0.39 is 22.6 Å². The van der Waals surface area contributed by atoms with Crippen LogP contribution in [0, 0.1) is 17.2 Å². The Kier molecular flexibility index (Phi) is 6.17. The molecule has 1 saturated carbocycles. The summed E-state index contributed by atoms with van der Waals surface area (Å²) in [5, 5.41) is 20.3. The van der Waals surface area contributed by atoms with Gasteiger partial charge in [-0.25, -0.2) is 13.8 Å². The number of rotatable bonds is 7. The van der Waals surface area contributed by atoms with E-state index in [-0.39, 0.29) is 23.4 Å². The number of aromatic amines is 1. The number of carbonyl (C=O) groups is 2. The lowest BCUT2D eigenvalue weighted by atomic mass is 9.71. The van der Waals surface area contributed by atoms with E-state index in [1.54, 1.807) is 23.1 Å². The van der Waals surface area contributed by atoms with Gasteiger partial charge in [-0.2, -0.15) is 5.26 Å². The highest BCUT2D eigenvalue weighted by Gasteiger charge is 2.54. The highest BCUT2D eigenvalue weighted by atomic mass is 32.2. The first-order valence-electron chi connectivity index (χ1n) is 11.9. The molecule has 192 valence electrons. The van der Waals surface area contributed by atoms with Crippen molar-refractivity contribution in [3.63, 3.8) is 0 Å². The summed E-state index contributed by atoms with van der Waals surface area (Å²) in [4.78, 5) is 29.8. The number of amides is 1. The number of anilines is 1. The number of nitrogens with two attached hydrogens (primary N) is 1. The fourth-order valence-corrected chi connectivity index (χ4v) is 6.06. The molecule has 0 radical (unpaired) electrons. The molecule has 11 heteroatoms. The third-order valence-electron chi connectivity index (χ3n) is 7.33. The quantitative estimate of drug-likeness (QED) is 0.368. The van der Waals surface area contributed by atoms with Gasteiger partial charge in [-0.3, -0.25) is 4.90 Å². The average Bonchev–Trinajstić information content (AvgIpc) is 3.41. The number of ether oxygens (including phenoxy) is 1. The molecule has 2 aromatic carbocycles. The summed E-state index contributed by atoms with van der Waals surface area (Å²) in [6.07, 6.45) is 2.56. The Morgan fingerprint density at radius 1 is 1.41 bits per heavy atom. The first-order chi connectivity index (χ1) is 17.7. The smallest absolute Gasteiger partial charge is 0.411 e. The van der Waals surface area contributed by atoms with Crippen molar-refractivity contribution < 1.29 is 23.6 Å². The van der Waals surface area contributed by atoms with Gasteiger partial charge in [0.25, 0.3) is 0 Å². The first kappa shape index (κ1) is 24.8. The van der Waals surface area contributed by atoms with E-state index in [0.717, 1.165) is 18.4 Å². The van der Waals surface area contributed by atoms with Gasteiger partial charge >= 0.3 is 12.1 Å². The van der Waals surface area contributed by atoms with Gasteiger partial charge in [0.1, 0.15) is 28.3 Å². The van der Waals surface area contributed by atoms with Crippen molar-refractivity contribution in [1.29, 1.82) is 5.26 Å². The minimum absolute atomic E-state index is 0.0245. The van der Waals surface area contributed by atoms with E-state index in [4.69, 9.17) is 10.5 Å². The molecule has 1 spiro atoms. The van der Waals surface area contributed by atoms with Crippen LogP contribution < -0.4 is 10.5 Å². The molecule has 1 unspecified atom stereocenters. The molecule has 1 aliphatic heterocycles. The molecule has 10 nitrogen and oxygen atoms in total. The lowest BCUT2D eigenvalue weighted by molar-refractivity contribution is -0.0439. The number of carbonyl (C=O) groups excluding carboxylic acids is 1. The number of para-hydroxylation sites is 1. The monoisotopic (exact) mass is 521 g/mol. The molecule has 1 aliphatic carbocycles. The first-order valence-corrected chi connectivity index (χ1v) is 13.4. The van der Waals surface area contributed by atoms with E-state index in [0.29, 0.717) is 46.7 Å². The maximum Gasteiger partial charge on any atom is 0.411 e. The lowest BCUT2D eigenvalue weighted by Gasteiger charge is -2.42. The molecule has 2 atom stereocenters. The van der Waals surface area contributed by atoms with Crippen molar-refractivity contribution in [1.82, 2.24) is 9.88 Å². The van der Waals surface area contributed by atoms with Crippen molar-refractivity contribution in [2.24, 2.45) is 11.7 Å². The van der Waals surface area contributed by atoms with Crippen LogP contribution in [0.5, 0.6) is 0 Å². The summed E-state index contributed by atoms with van der Waals surface area (Å²) in [5.41, 5.74) is 8.19. The van der Waals surface area contributed by atoms with Crippen molar-refractivity contribution in [3.8, 4) is 17.2 Å². The SMILES string of the molecule is C[C@@H](c1cccc2c(-c3ccc(NS(C)=O)c(C#N)c3)c(C(=O)O)[nH]c12)N1CC2(CC(CN)C2)OC1=O. The van der Waals surface area contributed by atoms with Crippen molar-refractivity contribution >= 4 is 39.6 Å². The molecule has 37 heavy (non-hydrogen) atoms. The molecule has 5 N–H and O–H groups in total. The second kappa shape index (κ2) is 9.21. The van der Waals surface area contributed by atoms with Crippen LogP contribution in [0.3, 0.4) is 0 Å². The second-order valence-electron chi connectivity index (χ2n) is 9.74. The molecule has 1 saturated heterocycles. The van der Waals surface area contributed by atoms with Gasteiger partial charge in [0, 0.05) is 17.2 Å². The van der Waals surface area contributed by atoms with Gasteiger partial charge < -0.3 is 25.3 Å². The van der Waals surface area contributed by atoms with Crippen LogP contribution >= 0.6 is 0 Å². The number of aromatic nitrogens is 1. The third-order valence-corrected chi connectivity index (χ3v) is 7.84.